The molecule has 2 aromatic heterocycles. The Bertz CT molecular complexity index is 1160. The minimum Gasteiger partial charge on any atom is -0.507 e. The van der Waals surface area contributed by atoms with Crippen molar-refractivity contribution in [1.29, 1.82) is 0 Å². The van der Waals surface area contributed by atoms with E-state index in [9.17, 15) is 29.4 Å². The zero-order valence-electron chi connectivity index (χ0n) is 20.8. The van der Waals surface area contributed by atoms with E-state index in [-0.39, 0.29) is 35.5 Å². The number of Topliss-reactive ketones (excluding diaryl/α,β-unsaturated/α-hetero) is 2. The maximum absolute atomic E-state index is 12.6. The Balaban J connectivity index is 1.64. The molecule has 196 valence electrons. The fraction of sp³-hybridized carbons (Fsp3) is 0.571. The minimum absolute atomic E-state index is 0.154. The SMILES string of the molecule is O=C1CCCCCCCCC(=O)c2c(O)c(coc2=O)CCCCCCCCc2cc(O)c1c(=O)o2. The Morgan fingerprint density at radius 1 is 0.583 bits per heavy atom. The summed E-state index contributed by atoms with van der Waals surface area (Å²) in [5.74, 6) is -0.983. The third-order valence-corrected chi connectivity index (χ3v) is 6.77. The molecule has 0 radical (unpaired) electrons. The molecule has 0 fully saturated rings. The second-order valence-electron chi connectivity index (χ2n) is 9.62. The van der Waals surface area contributed by atoms with E-state index in [0.29, 0.717) is 37.0 Å². The maximum Gasteiger partial charge on any atom is 0.350 e. The van der Waals surface area contributed by atoms with Crippen LogP contribution >= 0.6 is 0 Å². The van der Waals surface area contributed by atoms with Crippen LogP contribution in [0.15, 0.2) is 30.8 Å². The van der Waals surface area contributed by atoms with Gasteiger partial charge in [-0.2, -0.15) is 0 Å². The lowest BCUT2D eigenvalue weighted by atomic mass is 10.00. The number of rotatable bonds is 0. The van der Waals surface area contributed by atoms with E-state index in [2.05, 4.69) is 0 Å². The largest absolute Gasteiger partial charge is 0.507 e. The Morgan fingerprint density at radius 3 is 1.67 bits per heavy atom. The van der Waals surface area contributed by atoms with Crippen LogP contribution in [0.3, 0.4) is 0 Å². The lowest BCUT2D eigenvalue weighted by molar-refractivity contribution is 0.0961. The number of carbonyl (C=O) groups excluding carboxylic acids is 2. The predicted molar refractivity (Wildman–Crippen MR) is 134 cm³/mol. The quantitative estimate of drug-likeness (QED) is 0.475. The normalized spacial score (nSPS) is 17.9. The first-order valence-electron chi connectivity index (χ1n) is 13.1. The molecule has 36 heavy (non-hydrogen) atoms. The van der Waals surface area contributed by atoms with Gasteiger partial charge in [0.25, 0.3) is 0 Å². The molecule has 1 aliphatic carbocycles. The molecule has 0 aromatic carbocycles. The summed E-state index contributed by atoms with van der Waals surface area (Å²) in [5.41, 5.74) is -1.59. The zero-order chi connectivity index (χ0) is 25.9. The molecule has 8 heteroatoms. The molecule has 3 heterocycles. The molecule has 2 N–H and O–H groups in total. The Morgan fingerprint density at radius 2 is 1.08 bits per heavy atom. The summed E-state index contributed by atoms with van der Waals surface area (Å²) in [6, 6.07) is 1.39. The zero-order valence-corrected chi connectivity index (χ0v) is 20.8. The van der Waals surface area contributed by atoms with Crippen molar-refractivity contribution in [3.8, 4) is 11.5 Å². The summed E-state index contributed by atoms with van der Waals surface area (Å²) < 4.78 is 10.3. The van der Waals surface area contributed by atoms with Crippen molar-refractivity contribution in [2.75, 3.05) is 0 Å². The lowest BCUT2D eigenvalue weighted by Gasteiger charge is -2.08. The van der Waals surface area contributed by atoms with E-state index >= 15 is 0 Å². The summed E-state index contributed by atoms with van der Waals surface area (Å²) in [7, 11) is 0. The molecule has 2 aliphatic rings. The van der Waals surface area contributed by atoms with Gasteiger partial charge in [-0.05, 0) is 32.1 Å². The highest BCUT2D eigenvalue weighted by Gasteiger charge is 2.21. The van der Waals surface area contributed by atoms with Crippen LogP contribution in [-0.4, -0.2) is 21.8 Å². The second kappa shape index (κ2) is 13.8. The third kappa shape index (κ3) is 7.67. The fourth-order valence-corrected chi connectivity index (χ4v) is 4.68. The molecule has 0 atom stereocenters. The summed E-state index contributed by atoms with van der Waals surface area (Å²) in [5, 5.41) is 20.8. The highest BCUT2D eigenvalue weighted by atomic mass is 16.4. The number of aromatic hydroxyl groups is 2. The van der Waals surface area contributed by atoms with Gasteiger partial charge in [-0.15, -0.1) is 0 Å². The number of hydrogen-bond donors (Lipinski definition) is 2. The first-order chi connectivity index (χ1) is 17.4. The molecule has 4 bridgehead atoms. The highest BCUT2D eigenvalue weighted by Crippen LogP contribution is 2.24. The smallest absolute Gasteiger partial charge is 0.350 e. The number of hydrogen-bond acceptors (Lipinski definition) is 8. The van der Waals surface area contributed by atoms with Crippen molar-refractivity contribution < 1.29 is 28.6 Å². The number of aryl methyl sites for hydroxylation is 2. The molecule has 8 nitrogen and oxygen atoms in total. The van der Waals surface area contributed by atoms with Crippen molar-refractivity contribution >= 4 is 11.6 Å². The Labute approximate surface area is 210 Å². The van der Waals surface area contributed by atoms with Gasteiger partial charge >= 0.3 is 11.3 Å². The minimum atomic E-state index is -0.795. The van der Waals surface area contributed by atoms with Gasteiger partial charge < -0.3 is 19.0 Å². The third-order valence-electron chi connectivity index (χ3n) is 6.77. The van der Waals surface area contributed by atoms with Gasteiger partial charge in [0.1, 0.15) is 34.6 Å². The molecule has 4 rings (SSSR count). The first kappa shape index (κ1) is 27.4. The summed E-state index contributed by atoms with van der Waals surface area (Å²) in [4.78, 5) is 49.4. The molecule has 0 saturated carbocycles. The van der Waals surface area contributed by atoms with E-state index in [1.165, 1.54) is 12.3 Å². The van der Waals surface area contributed by atoms with E-state index < -0.39 is 22.8 Å². The van der Waals surface area contributed by atoms with Crippen molar-refractivity contribution in [2.24, 2.45) is 0 Å². The average Bonchev–Trinajstić information content (AvgIpc) is 2.82. The fourth-order valence-electron chi connectivity index (χ4n) is 4.68. The van der Waals surface area contributed by atoms with Crippen molar-refractivity contribution in [3.05, 3.63) is 55.6 Å². The van der Waals surface area contributed by atoms with Gasteiger partial charge in [-0.3, -0.25) is 9.59 Å². The molecule has 0 spiro atoms. The van der Waals surface area contributed by atoms with Crippen LogP contribution in [0.1, 0.15) is 122 Å². The van der Waals surface area contributed by atoms with Crippen LogP contribution < -0.4 is 11.3 Å². The van der Waals surface area contributed by atoms with Crippen LogP contribution in [0.4, 0.5) is 0 Å². The molecular weight excluding hydrogens is 464 g/mol. The summed E-state index contributed by atoms with van der Waals surface area (Å²) in [6.45, 7) is 0. The highest BCUT2D eigenvalue weighted by molar-refractivity contribution is 5.98. The number of fused-ring (bicyclic) bond motifs is 18. The van der Waals surface area contributed by atoms with Crippen LogP contribution in [0.2, 0.25) is 0 Å². The van der Waals surface area contributed by atoms with Crippen LogP contribution in [0, 0.1) is 0 Å². The molecular formula is C28H36O8. The van der Waals surface area contributed by atoms with Gasteiger partial charge in [0.2, 0.25) is 0 Å². The Kier molecular flexibility index (Phi) is 10.5. The van der Waals surface area contributed by atoms with E-state index in [1.54, 1.807) is 0 Å². The van der Waals surface area contributed by atoms with Gasteiger partial charge in [-0.1, -0.05) is 51.4 Å². The Hall–Kier alpha value is -3.16. The lowest BCUT2D eigenvalue weighted by Crippen LogP contribution is -2.15. The van der Waals surface area contributed by atoms with Gasteiger partial charge in [0.05, 0.1) is 0 Å². The molecule has 2 aromatic rings. The van der Waals surface area contributed by atoms with E-state index in [0.717, 1.165) is 64.2 Å². The van der Waals surface area contributed by atoms with Crippen molar-refractivity contribution in [1.82, 2.24) is 0 Å². The van der Waals surface area contributed by atoms with Gasteiger partial charge in [-0.25, -0.2) is 9.59 Å². The van der Waals surface area contributed by atoms with Crippen LogP contribution in [-0.2, 0) is 12.8 Å². The topological polar surface area (TPSA) is 135 Å². The molecule has 1 aliphatic heterocycles. The summed E-state index contributed by atoms with van der Waals surface area (Å²) in [6.07, 6.45) is 12.3. The predicted octanol–water partition coefficient (Wildman–Crippen LogP) is 5.63. The monoisotopic (exact) mass is 500 g/mol. The average molecular weight is 501 g/mol. The van der Waals surface area contributed by atoms with E-state index in [1.807, 2.05) is 0 Å². The van der Waals surface area contributed by atoms with Gasteiger partial charge in [0, 0.05) is 30.9 Å². The van der Waals surface area contributed by atoms with Crippen LogP contribution in [0.25, 0.3) is 0 Å². The van der Waals surface area contributed by atoms with Crippen LogP contribution in [0.5, 0.6) is 11.5 Å². The number of carbonyl (C=O) groups is 2. The molecule has 0 unspecified atom stereocenters. The maximum atomic E-state index is 12.6. The van der Waals surface area contributed by atoms with E-state index in [4.69, 9.17) is 8.83 Å². The first-order valence-corrected chi connectivity index (χ1v) is 13.1. The van der Waals surface area contributed by atoms with Gasteiger partial charge in [0.15, 0.2) is 11.6 Å². The standard InChI is InChI=1S/C28H36O8/c29-21-15-11-7-3-4-8-12-16-22(30)25-26(32)19(18-35-27(25)33)13-9-5-1-2-6-10-14-20-17-23(31)24(21)28(34)36-20/h17-18,31-32H,1-16H2. The molecule has 0 saturated heterocycles. The van der Waals surface area contributed by atoms with Crippen molar-refractivity contribution in [3.63, 3.8) is 0 Å². The van der Waals surface area contributed by atoms with Crippen molar-refractivity contribution in [2.45, 2.75) is 103 Å². The molecule has 0 amide bonds. The second-order valence-corrected chi connectivity index (χ2v) is 9.62. The number of ketones is 2. The summed E-state index contributed by atoms with van der Waals surface area (Å²) >= 11 is 0.